The minimum Gasteiger partial charge on any atom is -0.764 e. The maximum atomic E-state index is 13.3. The molecular weight excluding hydrogens is 442 g/mol. The Morgan fingerprint density at radius 3 is 2.48 bits per heavy atom. The Hall–Kier alpha value is -2.92. The molecule has 0 aromatic heterocycles. The maximum Gasteiger partial charge on any atom is 0.269 e. The zero-order valence-electron chi connectivity index (χ0n) is 16.1. The molecule has 0 saturated carbocycles. The van der Waals surface area contributed by atoms with Crippen LogP contribution < -0.4 is 4.74 Å². The van der Waals surface area contributed by atoms with Crippen molar-refractivity contribution in [1.29, 1.82) is 0 Å². The number of fused-ring (bicyclic) bond motifs is 1. The second-order valence-corrected chi connectivity index (χ2v) is 11.2. The summed E-state index contributed by atoms with van der Waals surface area (Å²) in [4.78, 5) is 10.5. The molecule has 31 heavy (non-hydrogen) atoms. The van der Waals surface area contributed by atoms with E-state index in [4.69, 9.17) is 4.74 Å². The van der Waals surface area contributed by atoms with Crippen molar-refractivity contribution in [2.45, 2.75) is 21.6 Å². The average Bonchev–Trinajstić information content (AvgIpc) is 3.05. The molecule has 4 rings (SSSR count). The summed E-state index contributed by atoms with van der Waals surface area (Å²) < 4.78 is 55.6. The summed E-state index contributed by atoms with van der Waals surface area (Å²) in [5, 5.41) is 9.73. The largest absolute Gasteiger partial charge is 0.764 e. The highest BCUT2D eigenvalue weighted by Crippen LogP contribution is 2.63. The Kier molecular flexibility index (Phi) is 5.48. The predicted octanol–water partition coefficient (Wildman–Crippen LogP) is 4.47. The van der Waals surface area contributed by atoms with Gasteiger partial charge in [0, 0.05) is 28.3 Å². The molecule has 1 aliphatic rings. The van der Waals surface area contributed by atoms with E-state index in [1.165, 1.54) is 48.5 Å². The summed E-state index contributed by atoms with van der Waals surface area (Å²) in [6.45, 7) is -0.0666. The predicted molar refractivity (Wildman–Crippen MR) is 114 cm³/mol. The number of nitrogens with zero attached hydrogens (tertiary/aromatic N) is 1. The molecule has 2 atom stereocenters. The normalized spacial score (nSPS) is 22.3. The van der Waals surface area contributed by atoms with Crippen molar-refractivity contribution in [3.8, 4) is 5.75 Å². The Morgan fingerprint density at radius 1 is 1.06 bits per heavy atom. The van der Waals surface area contributed by atoms with Gasteiger partial charge in [-0.25, -0.2) is 8.42 Å². The van der Waals surface area contributed by atoms with Crippen molar-refractivity contribution in [1.82, 2.24) is 0 Å². The summed E-state index contributed by atoms with van der Waals surface area (Å²) in [6, 6.07) is 18.1. The first kappa shape index (κ1) is 21.3. The van der Waals surface area contributed by atoms with E-state index >= 15 is 0 Å². The molecule has 3 aromatic carbocycles. The Morgan fingerprint density at radius 2 is 1.77 bits per heavy atom. The summed E-state index contributed by atoms with van der Waals surface area (Å²) in [6.07, 6.45) is 0. The molecule has 1 N–H and O–H groups in total. The van der Waals surface area contributed by atoms with Gasteiger partial charge >= 0.3 is 0 Å². The molecule has 0 radical (unpaired) electrons. The van der Waals surface area contributed by atoms with Gasteiger partial charge in [0.15, 0.2) is 9.84 Å². The second-order valence-electron chi connectivity index (χ2n) is 7.04. The SMILES string of the molecule is O=[N+]([O-])c1cccc(COc2cccc3c2C(S(=O)(=O)c2ccccc2)CS3([O-])O)c1. The van der Waals surface area contributed by atoms with Gasteiger partial charge in [0.25, 0.3) is 5.69 Å². The highest BCUT2D eigenvalue weighted by Gasteiger charge is 2.41. The molecular formula is C21H18NO7S2-. The summed E-state index contributed by atoms with van der Waals surface area (Å²) in [5.41, 5.74) is 0.573. The molecule has 10 heteroatoms. The lowest BCUT2D eigenvalue weighted by Crippen LogP contribution is -2.16. The number of ether oxygens (including phenoxy) is 1. The van der Waals surface area contributed by atoms with Gasteiger partial charge in [-0.3, -0.25) is 10.1 Å². The summed E-state index contributed by atoms with van der Waals surface area (Å²) in [5.74, 6) is -0.302. The van der Waals surface area contributed by atoms with Crippen LogP contribution in [-0.2, 0) is 16.4 Å². The van der Waals surface area contributed by atoms with Crippen LogP contribution in [0.2, 0.25) is 0 Å². The number of hydrogen-bond donors (Lipinski definition) is 1. The van der Waals surface area contributed by atoms with E-state index in [0.29, 0.717) is 5.56 Å². The zero-order valence-corrected chi connectivity index (χ0v) is 17.7. The van der Waals surface area contributed by atoms with Gasteiger partial charge < -0.3 is 24.4 Å². The van der Waals surface area contributed by atoms with Crippen LogP contribution in [0.4, 0.5) is 5.69 Å². The highest BCUT2D eigenvalue weighted by molar-refractivity contribution is 8.25. The average molecular weight is 461 g/mol. The molecule has 0 amide bonds. The number of nitro groups is 1. The van der Waals surface area contributed by atoms with Crippen molar-refractivity contribution >= 4 is 26.1 Å². The monoisotopic (exact) mass is 460 g/mol. The molecule has 0 spiro atoms. The standard InChI is InChI=1S/C21H19NO7S2/c23-22(24)16-7-4-6-15(12-16)13-29-18-10-5-11-19-21(18)20(14-30(19,25)26)31(27,28)17-8-2-1-3-9-17/h1-12,20,25-26H,13-14H2/p-1. The molecule has 0 aliphatic carbocycles. The lowest BCUT2D eigenvalue weighted by atomic mass is 10.1. The van der Waals surface area contributed by atoms with Crippen molar-refractivity contribution < 1.29 is 27.2 Å². The van der Waals surface area contributed by atoms with Crippen LogP contribution >= 0.6 is 10.6 Å². The molecule has 3 aromatic rings. The van der Waals surface area contributed by atoms with E-state index in [1.54, 1.807) is 24.3 Å². The van der Waals surface area contributed by atoms with E-state index in [9.17, 15) is 27.6 Å². The lowest BCUT2D eigenvalue weighted by molar-refractivity contribution is -0.384. The van der Waals surface area contributed by atoms with Crippen LogP contribution in [-0.4, -0.2) is 28.2 Å². The van der Waals surface area contributed by atoms with Gasteiger partial charge in [0.05, 0.1) is 9.82 Å². The highest BCUT2D eigenvalue weighted by atomic mass is 32.3. The molecule has 0 bridgehead atoms. The van der Waals surface area contributed by atoms with Crippen LogP contribution in [0.1, 0.15) is 16.4 Å². The third kappa shape index (κ3) is 4.02. The number of rotatable bonds is 6. The number of hydrogen-bond acceptors (Lipinski definition) is 7. The molecule has 8 nitrogen and oxygen atoms in total. The minimum absolute atomic E-state index is 0.0357. The molecule has 0 saturated heterocycles. The van der Waals surface area contributed by atoms with Gasteiger partial charge in [-0.1, -0.05) is 36.4 Å². The van der Waals surface area contributed by atoms with Gasteiger partial charge in [0.2, 0.25) is 0 Å². The van der Waals surface area contributed by atoms with Gasteiger partial charge in [-0.2, -0.15) is 0 Å². The Labute approximate surface area is 180 Å². The van der Waals surface area contributed by atoms with Crippen LogP contribution in [0, 0.1) is 10.1 Å². The van der Waals surface area contributed by atoms with Crippen LogP contribution in [0.25, 0.3) is 0 Å². The molecule has 2 unspecified atom stereocenters. The Balaban J connectivity index is 1.72. The number of sulfone groups is 1. The molecule has 1 heterocycles. The fourth-order valence-corrected chi connectivity index (χ4v) is 7.96. The smallest absolute Gasteiger partial charge is 0.269 e. The molecule has 162 valence electrons. The summed E-state index contributed by atoms with van der Waals surface area (Å²) >= 11 is 0. The Bertz CT molecular complexity index is 1240. The first-order valence-corrected chi connectivity index (χ1v) is 12.5. The van der Waals surface area contributed by atoms with E-state index in [1.807, 2.05) is 0 Å². The molecule has 0 fully saturated rings. The number of nitro benzene ring substituents is 1. The van der Waals surface area contributed by atoms with Gasteiger partial charge in [0.1, 0.15) is 17.6 Å². The van der Waals surface area contributed by atoms with Crippen molar-refractivity contribution in [3.63, 3.8) is 0 Å². The van der Waals surface area contributed by atoms with Crippen LogP contribution in [0.3, 0.4) is 0 Å². The third-order valence-electron chi connectivity index (χ3n) is 5.03. The van der Waals surface area contributed by atoms with Crippen molar-refractivity contribution in [2.24, 2.45) is 0 Å². The molecule has 1 aliphatic heterocycles. The van der Waals surface area contributed by atoms with Crippen molar-refractivity contribution in [3.05, 3.63) is 94.0 Å². The maximum absolute atomic E-state index is 13.3. The van der Waals surface area contributed by atoms with Crippen LogP contribution in [0.5, 0.6) is 5.75 Å². The van der Waals surface area contributed by atoms with E-state index in [0.717, 1.165) is 0 Å². The van der Waals surface area contributed by atoms with E-state index in [-0.39, 0.29) is 33.4 Å². The first-order valence-electron chi connectivity index (χ1n) is 9.22. The van der Waals surface area contributed by atoms with E-state index in [2.05, 4.69) is 0 Å². The fraction of sp³-hybridized carbons (Fsp3) is 0.143. The second kappa shape index (κ2) is 7.97. The number of non-ortho nitro benzene ring substituents is 1. The van der Waals surface area contributed by atoms with E-state index < -0.39 is 36.4 Å². The summed E-state index contributed by atoms with van der Waals surface area (Å²) in [7, 11) is -7.52. The van der Waals surface area contributed by atoms with Gasteiger partial charge in [-0.05, 0) is 29.8 Å². The van der Waals surface area contributed by atoms with Gasteiger partial charge in [-0.15, -0.1) is 0 Å². The number of benzene rings is 3. The zero-order chi connectivity index (χ0) is 22.2. The quantitative estimate of drug-likeness (QED) is 0.424. The third-order valence-corrected chi connectivity index (χ3v) is 9.15. The first-order chi connectivity index (χ1) is 14.7. The fourth-order valence-electron chi connectivity index (χ4n) is 3.56. The minimum atomic E-state index is -3.96. The topological polar surface area (TPSA) is 130 Å². The lowest BCUT2D eigenvalue weighted by Gasteiger charge is -2.42. The van der Waals surface area contributed by atoms with Crippen molar-refractivity contribution in [2.75, 3.05) is 5.75 Å². The van der Waals surface area contributed by atoms with Crippen LogP contribution in [0.15, 0.2) is 82.6 Å².